The number of ether oxygens (including phenoxy) is 1. The summed E-state index contributed by atoms with van der Waals surface area (Å²) in [6.45, 7) is 7.42. The van der Waals surface area contributed by atoms with Crippen molar-refractivity contribution < 1.29 is 19.1 Å². The lowest BCUT2D eigenvalue weighted by molar-refractivity contribution is -0.127. The van der Waals surface area contributed by atoms with Crippen LogP contribution in [0, 0.1) is 19.8 Å². The van der Waals surface area contributed by atoms with E-state index < -0.39 is 12.0 Å². The van der Waals surface area contributed by atoms with E-state index in [0.29, 0.717) is 11.3 Å². The molecular formula is C23H28N2O4. The predicted molar refractivity (Wildman–Crippen MR) is 113 cm³/mol. The third-order valence-corrected chi connectivity index (χ3v) is 4.81. The van der Waals surface area contributed by atoms with Crippen LogP contribution in [0.25, 0.3) is 0 Å². The van der Waals surface area contributed by atoms with Gasteiger partial charge in [0.15, 0.2) is 0 Å². The number of esters is 1. The van der Waals surface area contributed by atoms with Crippen LogP contribution in [-0.4, -0.2) is 30.9 Å². The van der Waals surface area contributed by atoms with Crippen molar-refractivity contribution in [3.8, 4) is 0 Å². The number of carbonyl (C=O) groups is 3. The first-order valence-electron chi connectivity index (χ1n) is 9.56. The molecule has 0 aliphatic heterocycles. The summed E-state index contributed by atoms with van der Waals surface area (Å²) in [5.74, 6) is -1.12. The molecule has 0 fully saturated rings. The number of aryl methyl sites for hydroxylation is 1. The molecule has 29 heavy (non-hydrogen) atoms. The zero-order valence-corrected chi connectivity index (χ0v) is 17.5. The number of methoxy groups -OCH3 is 1. The highest BCUT2D eigenvalue weighted by Crippen LogP contribution is 2.21. The predicted octanol–water partition coefficient (Wildman–Crippen LogP) is 3.41. The van der Waals surface area contributed by atoms with Gasteiger partial charge >= 0.3 is 5.97 Å². The summed E-state index contributed by atoms with van der Waals surface area (Å²) >= 11 is 0. The van der Waals surface area contributed by atoms with Crippen LogP contribution in [0.4, 0.5) is 5.69 Å². The second-order valence-corrected chi connectivity index (χ2v) is 7.40. The fourth-order valence-electron chi connectivity index (χ4n) is 3.01. The minimum absolute atomic E-state index is 0.110. The molecule has 0 aliphatic carbocycles. The molecule has 1 atom stereocenters. The minimum atomic E-state index is -0.700. The van der Waals surface area contributed by atoms with Gasteiger partial charge in [-0.2, -0.15) is 0 Å². The number of carbonyl (C=O) groups excluding carboxylic acids is 3. The van der Waals surface area contributed by atoms with Crippen molar-refractivity contribution in [2.45, 2.75) is 40.2 Å². The van der Waals surface area contributed by atoms with Gasteiger partial charge in [0, 0.05) is 5.69 Å². The third kappa shape index (κ3) is 5.91. The van der Waals surface area contributed by atoms with Crippen LogP contribution in [-0.2, 0) is 20.7 Å². The number of benzene rings is 2. The molecule has 0 bridgehead atoms. The smallest absolute Gasteiger partial charge is 0.338 e. The lowest BCUT2D eigenvalue weighted by atomic mass is 10.0. The van der Waals surface area contributed by atoms with E-state index in [2.05, 4.69) is 10.6 Å². The van der Waals surface area contributed by atoms with E-state index in [1.165, 1.54) is 7.11 Å². The summed E-state index contributed by atoms with van der Waals surface area (Å²) < 4.78 is 4.82. The van der Waals surface area contributed by atoms with Crippen LogP contribution in [0.2, 0.25) is 0 Å². The summed E-state index contributed by atoms with van der Waals surface area (Å²) in [6.07, 6.45) is 0.202. The van der Waals surface area contributed by atoms with Crippen LogP contribution in [0.15, 0.2) is 42.5 Å². The van der Waals surface area contributed by atoms with Gasteiger partial charge in [0.1, 0.15) is 6.04 Å². The molecule has 2 rings (SSSR count). The first kappa shape index (κ1) is 22.1. The SMILES string of the molecule is COC(=O)c1cc(NC(=O)C(NC(=O)Cc2ccccc2)C(C)C)cc(C)c1C. The summed E-state index contributed by atoms with van der Waals surface area (Å²) in [4.78, 5) is 37.3. The first-order valence-corrected chi connectivity index (χ1v) is 9.56. The second-order valence-electron chi connectivity index (χ2n) is 7.40. The third-order valence-electron chi connectivity index (χ3n) is 4.81. The Morgan fingerprint density at radius 3 is 2.28 bits per heavy atom. The van der Waals surface area contributed by atoms with Crippen LogP contribution < -0.4 is 10.6 Å². The van der Waals surface area contributed by atoms with E-state index in [1.807, 2.05) is 58.0 Å². The molecule has 0 aromatic heterocycles. The van der Waals surface area contributed by atoms with Crippen molar-refractivity contribution in [2.24, 2.45) is 5.92 Å². The summed E-state index contributed by atoms with van der Waals surface area (Å²) in [5, 5.41) is 5.64. The van der Waals surface area contributed by atoms with Crippen LogP contribution in [0.3, 0.4) is 0 Å². The molecule has 2 amide bonds. The molecule has 6 heteroatoms. The highest BCUT2D eigenvalue weighted by Gasteiger charge is 2.25. The Bertz CT molecular complexity index is 891. The van der Waals surface area contributed by atoms with Gasteiger partial charge in [0.25, 0.3) is 0 Å². The van der Waals surface area contributed by atoms with Gasteiger partial charge in [0.2, 0.25) is 11.8 Å². The molecule has 0 aliphatic rings. The van der Waals surface area contributed by atoms with Gasteiger partial charge in [-0.05, 0) is 48.6 Å². The van der Waals surface area contributed by atoms with Crippen molar-refractivity contribution in [2.75, 3.05) is 12.4 Å². The largest absolute Gasteiger partial charge is 0.465 e. The van der Waals surface area contributed by atoms with E-state index >= 15 is 0 Å². The Morgan fingerprint density at radius 2 is 1.69 bits per heavy atom. The van der Waals surface area contributed by atoms with E-state index in [1.54, 1.807) is 12.1 Å². The minimum Gasteiger partial charge on any atom is -0.465 e. The first-order chi connectivity index (χ1) is 13.7. The Balaban J connectivity index is 2.14. The van der Waals surface area contributed by atoms with Crippen LogP contribution >= 0.6 is 0 Å². The van der Waals surface area contributed by atoms with E-state index in [0.717, 1.165) is 16.7 Å². The Labute approximate surface area is 171 Å². The highest BCUT2D eigenvalue weighted by molar-refractivity contribution is 5.99. The maximum atomic E-state index is 12.8. The molecule has 0 spiro atoms. The standard InChI is InChI=1S/C23H28N2O4/c1-14(2)21(25-20(26)12-17-9-7-6-8-10-17)22(27)24-18-11-15(3)16(4)19(13-18)23(28)29-5/h6-11,13-14,21H,12H2,1-5H3,(H,24,27)(H,25,26). The Hall–Kier alpha value is -3.15. The molecule has 0 radical (unpaired) electrons. The molecule has 2 N–H and O–H groups in total. The zero-order valence-electron chi connectivity index (χ0n) is 17.5. The van der Waals surface area contributed by atoms with E-state index in [4.69, 9.17) is 4.74 Å². The van der Waals surface area contributed by atoms with Gasteiger partial charge < -0.3 is 15.4 Å². The van der Waals surface area contributed by atoms with Crippen LogP contribution in [0.5, 0.6) is 0 Å². The van der Waals surface area contributed by atoms with E-state index in [9.17, 15) is 14.4 Å². The number of amides is 2. The van der Waals surface area contributed by atoms with Gasteiger partial charge in [-0.1, -0.05) is 44.2 Å². The molecule has 2 aromatic carbocycles. The highest BCUT2D eigenvalue weighted by atomic mass is 16.5. The zero-order chi connectivity index (χ0) is 21.6. The monoisotopic (exact) mass is 396 g/mol. The molecular weight excluding hydrogens is 368 g/mol. The fraction of sp³-hybridized carbons (Fsp3) is 0.348. The maximum Gasteiger partial charge on any atom is 0.338 e. The molecule has 0 saturated carbocycles. The van der Waals surface area contributed by atoms with Crippen molar-refractivity contribution >= 4 is 23.5 Å². The topological polar surface area (TPSA) is 84.5 Å². The summed E-state index contributed by atoms with van der Waals surface area (Å²) in [5.41, 5.74) is 3.42. The number of anilines is 1. The van der Waals surface area contributed by atoms with Crippen molar-refractivity contribution in [1.82, 2.24) is 5.32 Å². The number of hydrogen-bond donors (Lipinski definition) is 2. The van der Waals surface area contributed by atoms with Crippen molar-refractivity contribution in [1.29, 1.82) is 0 Å². The van der Waals surface area contributed by atoms with E-state index in [-0.39, 0.29) is 24.2 Å². The van der Waals surface area contributed by atoms with Crippen molar-refractivity contribution in [3.05, 3.63) is 64.7 Å². The van der Waals surface area contributed by atoms with Gasteiger partial charge in [-0.15, -0.1) is 0 Å². The summed E-state index contributed by atoms with van der Waals surface area (Å²) in [7, 11) is 1.32. The van der Waals surface area contributed by atoms with Crippen molar-refractivity contribution in [3.63, 3.8) is 0 Å². The molecule has 1 unspecified atom stereocenters. The Kier molecular flexibility index (Phi) is 7.53. The summed E-state index contributed by atoms with van der Waals surface area (Å²) in [6, 6.07) is 12.0. The molecule has 0 heterocycles. The number of hydrogen-bond acceptors (Lipinski definition) is 4. The normalized spacial score (nSPS) is 11.7. The quantitative estimate of drug-likeness (QED) is 0.703. The van der Waals surface area contributed by atoms with Gasteiger partial charge in [-0.3, -0.25) is 9.59 Å². The number of rotatable bonds is 7. The molecule has 6 nitrogen and oxygen atoms in total. The van der Waals surface area contributed by atoms with Crippen LogP contribution in [0.1, 0.15) is 40.9 Å². The number of nitrogens with one attached hydrogen (secondary N) is 2. The average molecular weight is 396 g/mol. The average Bonchev–Trinajstić information content (AvgIpc) is 2.68. The molecule has 0 saturated heterocycles. The lowest BCUT2D eigenvalue weighted by Gasteiger charge is -2.22. The Morgan fingerprint density at radius 1 is 1.03 bits per heavy atom. The van der Waals surface area contributed by atoms with Gasteiger partial charge in [0.05, 0.1) is 19.1 Å². The maximum absolute atomic E-state index is 12.8. The lowest BCUT2D eigenvalue weighted by Crippen LogP contribution is -2.47. The molecule has 2 aromatic rings. The van der Waals surface area contributed by atoms with Gasteiger partial charge in [-0.25, -0.2) is 4.79 Å². The second kappa shape index (κ2) is 9.87. The molecule has 154 valence electrons. The fourth-order valence-corrected chi connectivity index (χ4v) is 3.01.